The smallest absolute Gasteiger partial charge is 0.216 e. The largest absolute Gasteiger partial charge is 0.481 e. The Hall–Kier alpha value is -1.01. The summed E-state index contributed by atoms with van der Waals surface area (Å²) in [6.07, 6.45) is 1.99. The van der Waals surface area contributed by atoms with Gasteiger partial charge >= 0.3 is 0 Å². The number of benzene rings is 1. The van der Waals surface area contributed by atoms with E-state index in [1.807, 2.05) is 6.07 Å². The molecule has 0 radical (unpaired) electrons. The van der Waals surface area contributed by atoms with Crippen LogP contribution < -0.4 is 4.74 Å². The van der Waals surface area contributed by atoms with Gasteiger partial charge in [-0.3, -0.25) is 0 Å². The van der Waals surface area contributed by atoms with Crippen LogP contribution in [-0.2, 0) is 6.42 Å². The van der Waals surface area contributed by atoms with Gasteiger partial charge < -0.3 is 4.74 Å². The summed E-state index contributed by atoms with van der Waals surface area (Å²) in [6, 6.07) is 6.75. The minimum absolute atomic E-state index is 0.153. The summed E-state index contributed by atoms with van der Waals surface area (Å²) in [5, 5.41) is 0. The van der Waals surface area contributed by atoms with Gasteiger partial charge in [-0.25, -0.2) is 14.4 Å². The van der Waals surface area contributed by atoms with Gasteiger partial charge in [-0.15, -0.1) is 0 Å². The van der Waals surface area contributed by atoms with Crippen LogP contribution in [0, 0.1) is 5.82 Å². The Morgan fingerprint density at radius 3 is 2.79 bits per heavy atom. The summed E-state index contributed by atoms with van der Waals surface area (Å²) >= 11 is 6.73. The van der Waals surface area contributed by atoms with Crippen molar-refractivity contribution in [3.8, 4) is 5.88 Å². The number of ether oxygens (including phenoxy) is 1. The van der Waals surface area contributed by atoms with Crippen LogP contribution in [0.1, 0.15) is 16.1 Å². The molecule has 1 aromatic carbocycles. The van der Waals surface area contributed by atoms with E-state index in [1.165, 1.54) is 12.4 Å². The predicted molar refractivity (Wildman–Crippen MR) is 78.1 cm³/mol. The first-order valence-electron chi connectivity index (χ1n) is 5.54. The topological polar surface area (TPSA) is 35.0 Å². The summed E-state index contributed by atoms with van der Waals surface area (Å²) in [6.45, 7) is 0. The monoisotopic (exact) mass is 388 g/mol. The van der Waals surface area contributed by atoms with E-state index in [9.17, 15) is 4.39 Å². The maximum absolute atomic E-state index is 13.8. The first kappa shape index (κ1) is 14.4. The standard InChI is InChI=1S/C13H11Br2FN2O/c1-19-13-6-9(17-7-18-13)5-11(15)10-3-2-8(14)4-12(10)16/h2-4,6-7,11H,5H2,1H3. The normalized spacial score (nSPS) is 12.2. The second-order valence-corrected chi connectivity index (χ2v) is 5.91. The van der Waals surface area contributed by atoms with E-state index in [4.69, 9.17) is 4.74 Å². The van der Waals surface area contributed by atoms with Gasteiger partial charge in [0.2, 0.25) is 5.88 Å². The van der Waals surface area contributed by atoms with Crippen LogP contribution >= 0.6 is 31.9 Å². The number of alkyl halides is 1. The molecule has 0 aliphatic rings. The summed E-state index contributed by atoms with van der Waals surface area (Å²) in [5.41, 5.74) is 1.39. The summed E-state index contributed by atoms with van der Waals surface area (Å²) in [7, 11) is 1.55. The van der Waals surface area contributed by atoms with Crippen LogP contribution in [0.2, 0.25) is 0 Å². The first-order chi connectivity index (χ1) is 9.10. The molecule has 0 saturated carbocycles. The fraction of sp³-hybridized carbons (Fsp3) is 0.231. The molecule has 0 bridgehead atoms. The molecule has 19 heavy (non-hydrogen) atoms. The molecule has 0 aliphatic carbocycles. The lowest BCUT2D eigenvalue weighted by Gasteiger charge is -2.11. The predicted octanol–water partition coefficient (Wildman–Crippen LogP) is 4.07. The molecule has 1 aromatic heterocycles. The molecule has 1 unspecified atom stereocenters. The maximum atomic E-state index is 13.8. The molecule has 1 atom stereocenters. The molecule has 6 heteroatoms. The second kappa shape index (κ2) is 6.43. The number of nitrogens with zero attached hydrogens (tertiary/aromatic N) is 2. The number of aromatic nitrogens is 2. The average Bonchev–Trinajstić information content (AvgIpc) is 2.38. The van der Waals surface area contributed by atoms with Gasteiger partial charge in [0.25, 0.3) is 0 Å². The van der Waals surface area contributed by atoms with Crippen LogP contribution in [0.25, 0.3) is 0 Å². The molecular formula is C13H11Br2FN2O. The van der Waals surface area contributed by atoms with E-state index in [0.29, 0.717) is 17.9 Å². The number of hydrogen-bond donors (Lipinski definition) is 0. The third-order valence-electron chi connectivity index (χ3n) is 2.60. The quantitative estimate of drug-likeness (QED) is 0.739. The van der Waals surface area contributed by atoms with Crippen molar-refractivity contribution in [2.75, 3.05) is 7.11 Å². The molecule has 0 saturated heterocycles. The molecule has 0 fully saturated rings. The summed E-state index contributed by atoms with van der Waals surface area (Å²) < 4.78 is 19.6. The molecule has 0 spiro atoms. The van der Waals surface area contributed by atoms with Crippen molar-refractivity contribution in [2.24, 2.45) is 0 Å². The Bertz CT molecular complexity index is 580. The van der Waals surface area contributed by atoms with Gasteiger partial charge in [-0.1, -0.05) is 37.9 Å². The molecule has 3 nitrogen and oxygen atoms in total. The van der Waals surface area contributed by atoms with Crippen molar-refractivity contribution in [1.82, 2.24) is 9.97 Å². The Morgan fingerprint density at radius 2 is 2.11 bits per heavy atom. The van der Waals surface area contributed by atoms with Crippen molar-refractivity contribution >= 4 is 31.9 Å². The van der Waals surface area contributed by atoms with Gasteiger partial charge in [0, 0.05) is 33.0 Å². The average molecular weight is 390 g/mol. The Kier molecular flexibility index (Phi) is 4.87. The van der Waals surface area contributed by atoms with Crippen LogP contribution in [0.4, 0.5) is 4.39 Å². The van der Waals surface area contributed by atoms with E-state index < -0.39 is 0 Å². The third-order valence-corrected chi connectivity index (χ3v) is 3.91. The second-order valence-electron chi connectivity index (χ2n) is 3.89. The van der Waals surface area contributed by atoms with Crippen molar-refractivity contribution < 1.29 is 9.13 Å². The van der Waals surface area contributed by atoms with Crippen molar-refractivity contribution in [3.63, 3.8) is 0 Å². The highest BCUT2D eigenvalue weighted by molar-refractivity contribution is 9.10. The summed E-state index contributed by atoms with van der Waals surface area (Å²) in [4.78, 5) is 7.93. The van der Waals surface area contributed by atoms with E-state index in [1.54, 1.807) is 19.2 Å². The molecule has 2 rings (SSSR count). The van der Waals surface area contributed by atoms with E-state index in [-0.39, 0.29) is 10.6 Å². The minimum Gasteiger partial charge on any atom is -0.481 e. The van der Waals surface area contributed by atoms with Gasteiger partial charge in [0.1, 0.15) is 12.1 Å². The highest BCUT2D eigenvalue weighted by atomic mass is 79.9. The maximum Gasteiger partial charge on any atom is 0.216 e. The zero-order chi connectivity index (χ0) is 13.8. The number of halogens is 3. The lowest BCUT2D eigenvalue weighted by Crippen LogP contribution is -2.01. The lowest BCUT2D eigenvalue weighted by atomic mass is 10.1. The minimum atomic E-state index is -0.253. The molecule has 0 aliphatic heterocycles. The molecular weight excluding hydrogens is 379 g/mol. The van der Waals surface area contributed by atoms with Crippen LogP contribution in [-0.4, -0.2) is 17.1 Å². The highest BCUT2D eigenvalue weighted by Gasteiger charge is 2.14. The van der Waals surface area contributed by atoms with Crippen LogP contribution in [0.15, 0.2) is 35.1 Å². The van der Waals surface area contributed by atoms with E-state index in [0.717, 1.165) is 10.2 Å². The van der Waals surface area contributed by atoms with Gasteiger partial charge in [0.05, 0.1) is 7.11 Å². The van der Waals surface area contributed by atoms with Gasteiger partial charge in [-0.2, -0.15) is 0 Å². The number of hydrogen-bond acceptors (Lipinski definition) is 3. The fourth-order valence-electron chi connectivity index (χ4n) is 1.65. The SMILES string of the molecule is COc1cc(CC(Br)c2ccc(Br)cc2F)ncn1. The van der Waals surface area contributed by atoms with Crippen LogP contribution in [0.5, 0.6) is 5.88 Å². The zero-order valence-corrected chi connectivity index (χ0v) is 13.3. The Balaban J connectivity index is 2.17. The van der Waals surface area contributed by atoms with E-state index >= 15 is 0 Å². The molecule has 1 heterocycles. The van der Waals surface area contributed by atoms with Gasteiger partial charge in [-0.05, 0) is 12.1 Å². The Labute approximate surface area is 127 Å². The van der Waals surface area contributed by atoms with Crippen LogP contribution in [0.3, 0.4) is 0 Å². The van der Waals surface area contributed by atoms with E-state index in [2.05, 4.69) is 41.8 Å². The number of methoxy groups -OCH3 is 1. The van der Waals surface area contributed by atoms with Crippen molar-refractivity contribution in [2.45, 2.75) is 11.2 Å². The van der Waals surface area contributed by atoms with Crippen molar-refractivity contribution in [3.05, 3.63) is 52.1 Å². The first-order valence-corrected chi connectivity index (χ1v) is 7.25. The zero-order valence-electron chi connectivity index (χ0n) is 10.1. The Morgan fingerprint density at radius 1 is 1.32 bits per heavy atom. The highest BCUT2D eigenvalue weighted by Crippen LogP contribution is 2.30. The molecule has 2 aromatic rings. The van der Waals surface area contributed by atoms with Crippen molar-refractivity contribution in [1.29, 1.82) is 0 Å². The lowest BCUT2D eigenvalue weighted by molar-refractivity contribution is 0.396. The molecule has 100 valence electrons. The van der Waals surface area contributed by atoms with Gasteiger partial charge in [0.15, 0.2) is 0 Å². The summed E-state index contributed by atoms with van der Waals surface area (Å²) in [5.74, 6) is 0.248. The molecule has 0 N–H and O–H groups in total. The fourth-order valence-corrected chi connectivity index (χ4v) is 2.69. The third kappa shape index (κ3) is 3.73. The number of rotatable bonds is 4. The molecule has 0 amide bonds.